The second kappa shape index (κ2) is 9.18. The summed E-state index contributed by atoms with van der Waals surface area (Å²) in [5.41, 5.74) is 2.62. The number of nitrogens with zero attached hydrogens (tertiary/aromatic N) is 2. The number of ether oxygens (including phenoxy) is 3. The van der Waals surface area contributed by atoms with Gasteiger partial charge in [0.2, 0.25) is 5.75 Å². The molecule has 1 aliphatic heterocycles. The van der Waals surface area contributed by atoms with Crippen molar-refractivity contribution in [3.63, 3.8) is 0 Å². The Morgan fingerprint density at radius 1 is 1.03 bits per heavy atom. The molecular weight excluding hydrogens is 456 g/mol. The van der Waals surface area contributed by atoms with E-state index in [-0.39, 0.29) is 11.3 Å². The van der Waals surface area contributed by atoms with Gasteiger partial charge in [-0.1, -0.05) is 17.7 Å². The fourth-order valence-electron chi connectivity index (χ4n) is 4.08. The van der Waals surface area contributed by atoms with E-state index >= 15 is 0 Å². The largest absolute Gasteiger partial charge is 0.507 e. The number of amides is 1. The maximum absolute atomic E-state index is 13.3. The molecule has 34 heavy (non-hydrogen) atoms. The second-order valence-corrected chi connectivity index (χ2v) is 8.63. The predicted molar refractivity (Wildman–Crippen MR) is 129 cm³/mol. The van der Waals surface area contributed by atoms with Crippen molar-refractivity contribution in [2.75, 3.05) is 26.2 Å². The molecule has 2 aromatic carbocycles. The van der Waals surface area contributed by atoms with E-state index in [1.165, 1.54) is 37.6 Å². The first-order valence-corrected chi connectivity index (χ1v) is 11.3. The van der Waals surface area contributed by atoms with E-state index < -0.39 is 17.7 Å². The molecule has 1 aromatic heterocycles. The molecule has 1 aliphatic rings. The normalized spacial score (nSPS) is 17.2. The fraction of sp³-hybridized carbons (Fsp3) is 0.240. The standard InChI is InChI=1S/C25H24N2O6S/c1-13-6-7-14(2)16(10-13)21(28)19-20(27(24(30)22(19)29)25-26-8-9-34-25)15-11-17(31-3)23(33-5)18(12-15)32-4/h6-12,20,28H,1-5H3/t20-/m1/s1. The van der Waals surface area contributed by atoms with Crippen LogP contribution >= 0.6 is 11.3 Å². The lowest BCUT2D eigenvalue weighted by Gasteiger charge is -2.24. The van der Waals surface area contributed by atoms with Crippen LogP contribution in [0.3, 0.4) is 0 Å². The maximum Gasteiger partial charge on any atom is 0.301 e. The smallest absolute Gasteiger partial charge is 0.301 e. The van der Waals surface area contributed by atoms with Gasteiger partial charge in [-0.3, -0.25) is 14.5 Å². The highest BCUT2D eigenvalue weighted by atomic mass is 32.1. The molecule has 0 radical (unpaired) electrons. The lowest BCUT2D eigenvalue weighted by atomic mass is 9.93. The van der Waals surface area contributed by atoms with Crippen molar-refractivity contribution >= 4 is 33.9 Å². The number of Topliss-reactive ketones (excluding diaryl/α,β-unsaturated/α-hetero) is 1. The molecule has 1 amide bonds. The summed E-state index contributed by atoms with van der Waals surface area (Å²) >= 11 is 1.22. The van der Waals surface area contributed by atoms with Gasteiger partial charge in [-0.25, -0.2) is 4.98 Å². The lowest BCUT2D eigenvalue weighted by Crippen LogP contribution is -2.29. The van der Waals surface area contributed by atoms with E-state index in [0.717, 1.165) is 11.1 Å². The number of ketones is 1. The van der Waals surface area contributed by atoms with E-state index in [2.05, 4.69) is 4.98 Å². The molecule has 8 nitrogen and oxygen atoms in total. The van der Waals surface area contributed by atoms with Crippen molar-refractivity contribution < 1.29 is 28.9 Å². The van der Waals surface area contributed by atoms with Crippen molar-refractivity contribution in [1.82, 2.24) is 4.98 Å². The first-order chi connectivity index (χ1) is 16.3. The first kappa shape index (κ1) is 23.3. The second-order valence-electron chi connectivity index (χ2n) is 7.76. The quantitative estimate of drug-likeness (QED) is 0.317. The molecule has 176 valence electrons. The minimum atomic E-state index is -0.959. The fourth-order valence-corrected chi connectivity index (χ4v) is 4.74. The number of anilines is 1. The Balaban J connectivity index is 2.03. The number of carbonyl (C=O) groups excluding carboxylic acids is 2. The minimum Gasteiger partial charge on any atom is -0.507 e. The number of aliphatic hydroxyl groups is 1. The highest BCUT2D eigenvalue weighted by molar-refractivity contribution is 7.14. The zero-order valence-electron chi connectivity index (χ0n) is 19.4. The third-order valence-corrected chi connectivity index (χ3v) is 6.49. The van der Waals surface area contributed by atoms with E-state index in [1.54, 1.807) is 29.8 Å². The number of aryl methyl sites for hydroxylation is 2. The summed E-state index contributed by atoms with van der Waals surface area (Å²) in [4.78, 5) is 32.1. The van der Waals surface area contributed by atoms with Crippen molar-refractivity contribution in [2.24, 2.45) is 0 Å². The maximum atomic E-state index is 13.3. The molecule has 0 saturated carbocycles. The SMILES string of the molecule is COc1cc([C@@H]2C(=C(O)c3cc(C)ccc3C)C(=O)C(=O)N2c2nccs2)cc(OC)c1OC. The summed E-state index contributed by atoms with van der Waals surface area (Å²) in [5, 5.41) is 13.4. The molecule has 2 heterocycles. The van der Waals surface area contributed by atoms with Gasteiger partial charge >= 0.3 is 5.91 Å². The summed E-state index contributed by atoms with van der Waals surface area (Å²) in [6, 6.07) is 7.92. The van der Waals surface area contributed by atoms with Gasteiger partial charge in [0, 0.05) is 17.1 Å². The summed E-state index contributed by atoms with van der Waals surface area (Å²) in [6.45, 7) is 3.72. The summed E-state index contributed by atoms with van der Waals surface area (Å²) in [5.74, 6) is -0.749. The average Bonchev–Trinajstić information content (AvgIpc) is 3.45. The Hall–Kier alpha value is -3.85. The summed E-state index contributed by atoms with van der Waals surface area (Å²) < 4.78 is 16.4. The van der Waals surface area contributed by atoms with Gasteiger partial charge in [0.15, 0.2) is 16.6 Å². The number of methoxy groups -OCH3 is 3. The zero-order valence-corrected chi connectivity index (χ0v) is 20.2. The number of benzene rings is 2. The third kappa shape index (κ3) is 3.77. The Morgan fingerprint density at radius 2 is 1.71 bits per heavy atom. The molecule has 0 unspecified atom stereocenters. The van der Waals surface area contributed by atoms with Crippen LogP contribution < -0.4 is 19.1 Å². The highest BCUT2D eigenvalue weighted by Crippen LogP contribution is 2.47. The lowest BCUT2D eigenvalue weighted by molar-refractivity contribution is -0.132. The molecule has 0 aliphatic carbocycles. The first-order valence-electron chi connectivity index (χ1n) is 10.4. The number of carbonyl (C=O) groups is 2. The van der Waals surface area contributed by atoms with E-state index in [0.29, 0.717) is 33.5 Å². The molecule has 1 saturated heterocycles. The zero-order chi connectivity index (χ0) is 24.6. The van der Waals surface area contributed by atoms with E-state index in [4.69, 9.17) is 14.2 Å². The van der Waals surface area contributed by atoms with Crippen molar-refractivity contribution in [3.05, 3.63) is 69.7 Å². The monoisotopic (exact) mass is 480 g/mol. The number of aromatic nitrogens is 1. The Labute approximate surface area is 201 Å². The van der Waals surface area contributed by atoms with Gasteiger partial charge in [0.25, 0.3) is 5.78 Å². The number of hydrogen-bond donors (Lipinski definition) is 1. The van der Waals surface area contributed by atoms with Gasteiger partial charge < -0.3 is 19.3 Å². The Kier molecular flexibility index (Phi) is 6.30. The number of thiazole rings is 1. The molecule has 9 heteroatoms. The Morgan fingerprint density at radius 3 is 2.26 bits per heavy atom. The van der Waals surface area contributed by atoms with Crippen LogP contribution in [-0.4, -0.2) is 43.1 Å². The van der Waals surface area contributed by atoms with Gasteiger partial charge in [0.05, 0.1) is 32.9 Å². The predicted octanol–water partition coefficient (Wildman–Crippen LogP) is 4.41. The minimum absolute atomic E-state index is 0.0387. The number of aliphatic hydroxyl groups excluding tert-OH is 1. The van der Waals surface area contributed by atoms with Crippen molar-refractivity contribution in [3.8, 4) is 17.2 Å². The number of rotatable bonds is 6. The van der Waals surface area contributed by atoms with Gasteiger partial charge in [0.1, 0.15) is 5.76 Å². The summed E-state index contributed by atoms with van der Waals surface area (Å²) in [7, 11) is 4.45. The van der Waals surface area contributed by atoms with Crippen LogP contribution in [0.1, 0.15) is 28.3 Å². The van der Waals surface area contributed by atoms with Crippen LogP contribution in [-0.2, 0) is 9.59 Å². The van der Waals surface area contributed by atoms with Gasteiger partial charge in [-0.15, -0.1) is 11.3 Å². The van der Waals surface area contributed by atoms with Crippen molar-refractivity contribution in [1.29, 1.82) is 0 Å². The van der Waals surface area contributed by atoms with Crippen LogP contribution in [0.2, 0.25) is 0 Å². The van der Waals surface area contributed by atoms with Crippen LogP contribution in [0.15, 0.2) is 47.5 Å². The van der Waals surface area contributed by atoms with Crippen LogP contribution in [0.5, 0.6) is 17.2 Å². The average molecular weight is 481 g/mol. The molecule has 0 spiro atoms. The van der Waals surface area contributed by atoms with Crippen LogP contribution in [0, 0.1) is 13.8 Å². The third-order valence-electron chi connectivity index (χ3n) is 5.72. The highest BCUT2D eigenvalue weighted by Gasteiger charge is 2.48. The molecular formula is C25H24N2O6S. The Bertz CT molecular complexity index is 1270. The molecule has 3 aromatic rings. The van der Waals surface area contributed by atoms with Gasteiger partial charge in [-0.05, 0) is 43.2 Å². The molecule has 1 N–H and O–H groups in total. The van der Waals surface area contributed by atoms with E-state index in [1.807, 2.05) is 26.0 Å². The molecule has 0 bridgehead atoms. The van der Waals surface area contributed by atoms with Gasteiger partial charge in [-0.2, -0.15) is 0 Å². The molecule has 1 fully saturated rings. The van der Waals surface area contributed by atoms with Crippen LogP contribution in [0.4, 0.5) is 5.13 Å². The van der Waals surface area contributed by atoms with E-state index in [9.17, 15) is 14.7 Å². The van der Waals surface area contributed by atoms with Crippen LogP contribution in [0.25, 0.3) is 5.76 Å². The summed E-state index contributed by atoms with van der Waals surface area (Å²) in [6.07, 6.45) is 1.55. The molecule has 4 rings (SSSR count). The topological polar surface area (TPSA) is 98.2 Å². The molecule has 1 atom stereocenters. The van der Waals surface area contributed by atoms with Crippen molar-refractivity contribution in [2.45, 2.75) is 19.9 Å². The number of hydrogen-bond acceptors (Lipinski definition) is 8.